The first kappa shape index (κ1) is 16.7. The molecule has 0 bridgehead atoms. The molecule has 1 N–H and O–H groups in total. The molecule has 0 aromatic heterocycles. The summed E-state index contributed by atoms with van der Waals surface area (Å²) in [6.07, 6.45) is 5.89. The van der Waals surface area contributed by atoms with E-state index < -0.39 is 15.6 Å². The molecule has 122 valence electrons. The van der Waals surface area contributed by atoms with Crippen molar-refractivity contribution in [3.63, 3.8) is 0 Å². The van der Waals surface area contributed by atoms with E-state index >= 15 is 0 Å². The third kappa shape index (κ3) is 4.17. The lowest BCUT2D eigenvalue weighted by atomic mass is 9.95. The van der Waals surface area contributed by atoms with Crippen molar-refractivity contribution in [1.29, 1.82) is 0 Å². The van der Waals surface area contributed by atoms with Gasteiger partial charge in [0.1, 0.15) is 0 Å². The zero-order chi connectivity index (χ0) is 15.7. The van der Waals surface area contributed by atoms with Crippen LogP contribution in [-0.2, 0) is 14.8 Å². The van der Waals surface area contributed by atoms with Gasteiger partial charge in [-0.15, -0.1) is 0 Å². The summed E-state index contributed by atoms with van der Waals surface area (Å²) < 4.78 is 24.4. The highest BCUT2D eigenvalue weighted by Crippen LogP contribution is 2.30. The van der Waals surface area contributed by atoms with Crippen LogP contribution < -0.4 is 0 Å². The molecule has 1 heterocycles. The summed E-state index contributed by atoms with van der Waals surface area (Å²) in [5, 5.41) is 10.4. The van der Waals surface area contributed by atoms with Crippen molar-refractivity contribution < 1.29 is 18.3 Å². The van der Waals surface area contributed by atoms with Gasteiger partial charge in [-0.3, -0.25) is 4.79 Å². The van der Waals surface area contributed by atoms with Crippen LogP contribution in [0.4, 0.5) is 0 Å². The van der Waals surface area contributed by atoms with E-state index in [2.05, 4.69) is 0 Å². The summed E-state index contributed by atoms with van der Waals surface area (Å²) in [6, 6.07) is 0. The first-order valence-electron chi connectivity index (χ1n) is 7.64. The standard InChI is InChI=1S/C14H26N2O4S/c1-15(11-14(18)7-3-4-8-14)13(17)12-5-9-16(10-6-12)21(2,19)20/h12,18H,3-11H2,1-2H3. The van der Waals surface area contributed by atoms with E-state index in [9.17, 15) is 18.3 Å². The first-order chi connectivity index (χ1) is 9.71. The Balaban J connectivity index is 1.86. The number of hydrogen-bond donors (Lipinski definition) is 1. The molecule has 1 saturated carbocycles. The molecule has 1 saturated heterocycles. The van der Waals surface area contributed by atoms with Gasteiger partial charge in [0.05, 0.1) is 11.9 Å². The lowest BCUT2D eigenvalue weighted by molar-refractivity contribution is -0.138. The number of nitrogens with zero attached hydrogens (tertiary/aromatic N) is 2. The van der Waals surface area contributed by atoms with Crippen molar-refractivity contribution in [1.82, 2.24) is 9.21 Å². The molecule has 1 aliphatic carbocycles. The highest BCUT2D eigenvalue weighted by molar-refractivity contribution is 7.88. The van der Waals surface area contributed by atoms with Gasteiger partial charge in [0, 0.05) is 32.6 Å². The fourth-order valence-corrected chi connectivity index (χ4v) is 4.33. The van der Waals surface area contributed by atoms with Crippen molar-refractivity contribution in [3.05, 3.63) is 0 Å². The van der Waals surface area contributed by atoms with Crippen LogP contribution in [0.3, 0.4) is 0 Å². The summed E-state index contributed by atoms with van der Waals surface area (Å²) in [7, 11) is -1.42. The number of piperidine rings is 1. The molecular weight excluding hydrogens is 292 g/mol. The minimum absolute atomic E-state index is 0.0310. The highest BCUT2D eigenvalue weighted by atomic mass is 32.2. The summed E-state index contributed by atoms with van der Waals surface area (Å²) in [5.74, 6) is -0.0959. The molecule has 1 aliphatic heterocycles. The number of rotatable bonds is 4. The third-order valence-electron chi connectivity index (χ3n) is 4.71. The lowest BCUT2D eigenvalue weighted by Crippen LogP contribution is -2.47. The van der Waals surface area contributed by atoms with Gasteiger partial charge >= 0.3 is 0 Å². The van der Waals surface area contributed by atoms with Crippen LogP contribution in [0, 0.1) is 5.92 Å². The van der Waals surface area contributed by atoms with Crippen molar-refractivity contribution in [3.8, 4) is 0 Å². The van der Waals surface area contributed by atoms with Gasteiger partial charge in [-0.05, 0) is 25.7 Å². The van der Waals surface area contributed by atoms with Crippen LogP contribution >= 0.6 is 0 Å². The normalized spacial score (nSPS) is 24.1. The average Bonchev–Trinajstić information content (AvgIpc) is 2.83. The fraction of sp³-hybridized carbons (Fsp3) is 0.929. The molecule has 0 atom stereocenters. The number of carbonyl (C=O) groups is 1. The number of carbonyl (C=O) groups excluding carboxylic acids is 1. The molecule has 2 fully saturated rings. The minimum atomic E-state index is -3.16. The second-order valence-corrected chi connectivity index (χ2v) is 8.54. The predicted molar refractivity (Wildman–Crippen MR) is 80.2 cm³/mol. The van der Waals surface area contributed by atoms with E-state index in [1.165, 1.54) is 10.6 Å². The average molecular weight is 318 g/mol. The molecule has 0 aromatic carbocycles. The molecule has 0 aromatic rings. The van der Waals surface area contributed by atoms with Crippen molar-refractivity contribution in [2.75, 3.05) is 32.9 Å². The van der Waals surface area contributed by atoms with E-state index in [-0.39, 0.29) is 11.8 Å². The third-order valence-corrected chi connectivity index (χ3v) is 6.02. The van der Waals surface area contributed by atoms with Crippen LogP contribution in [0.5, 0.6) is 0 Å². The van der Waals surface area contributed by atoms with Gasteiger partial charge < -0.3 is 10.0 Å². The van der Waals surface area contributed by atoms with E-state index in [1.807, 2.05) is 0 Å². The predicted octanol–water partition coefficient (Wildman–Crippen LogP) is 0.422. The Kier molecular flexibility index (Phi) is 4.95. The van der Waals surface area contributed by atoms with Gasteiger partial charge in [0.25, 0.3) is 0 Å². The summed E-state index contributed by atoms with van der Waals surface area (Å²) >= 11 is 0. The molecule has 1 amide bonds. The van der Waals surface area contributed by atoms with Crippen molar-refractivity contribution in [2.24, 2.45) is 5.92 Å². The quantitative estimate of drug-likeness (QED) is 0.815. The summed E-state index contributed by atoms with van der Waals surface area (Å²) in [5.41, 5.74) is -0.724. The molecule has 6 nitrogen and oxygen atoms in total. The van der Waals surface area contributed by atoms with Crippen LogP contribution in [0.1, 0.15) is 38.5 Å². The number of sulfonamides is 1. The second kappa shape index (κ2) is 6.22. The highest BCUT2D eigenvalue weighted by Gasteiger charge is 2.36. The number of aliphatic hydroxyl groups is 1. The maximum atomic E-state index is 12.4. The molecular formula is C14H26N2O4S. The molecule has 7 heteroatoms. The van der Waals surface area contributed by atoms with Crippen LogP contribution in [0.25, 0.3) is 0 Å². The second-order valence-electron chi connectivity index (χ2n) is 6.56. The van der Waals surface area contributed by atoms with Crippen molar-refractivity contribution >= 4 is 15.9 Å². The van der Waals surface area contributed by atoms with E-state index in [4.69, 9.17) is 0 Å². The number of amides is 1. The van der Waals surface area contributed by atoms with Crippen LogP contribution in [0.15, 0.2) is 0 Å². The molecule has 2 rings (SSSR count). The maximum absolute atomic E-state index is 12.4. The molecule has 0 spiro atoms. The smallest absolute Gasteiger partial charge is 0.225 e. The van der Waals surface area contributed by atoms with Crippen LogP contribution in [0.2, 0.25) is 0 Å². The Morgan fingerprint density at radius 3 is 2.29 bits per heavy atom. The van der Waals surface area contributed by atoms with E-state index in [1.54, 1.807) is 11.9 Å². The molecule has 21 heavy (non-hydrogen) atoms. The zero-order valence-corrected chi connectivity index (χ0v) is 13.7. The largest absolute Gasteiger partial charge is 0.388 e. The van der Waals surface area contributed by atoms with Gasteiger partial charge in [-0.2, -0.15) is 0 Å². The minimum Gasteiger partial charge on any atom is -0.388 e. The van der Waals surface area contributed by atoms with Gasteiger partial charge in [-0.1, -0.05) is 12.8 Å². The topological polar surface area (TPSA) is 77.9 Å². The zero-order valence-electron chi connectivity index (χ0n) is 12.9. The SMILES string of the molecule is CN(CC1(O)CCCC1)C(=O)C1CCN(S(C)(=O)=O)CC1. The molecule has 2 aliphatic rings. The Bertz CT molecular complexity index is 477. The summed E-state index contributed by atoms with van der Waals surface area (Å²) in [6.45, 7) is 1.21. The monoisotopic (exact) mass is 318 g/mol. The molecule has 0 unspecified atom stereocenters. The van der Waals surface area contributed by atoms with E-state index in [0.717, 1.165) is 25.7 Å². The van der Waals surface area contributed by atoms with Gasteiger partial charge in [0.2, 0.25) is 15.9 Å². The summed E-state index contributed by atoms with van der Waals surface area (Å²) in [4.78, 5) is 14.1. The molecule has 0 radical (unpaired) electrons. The fourth-order valence-electron chi connectivity index (χ4n) is 3.46. The first-order valence-corrected chi connectivity index (χ1v) is 9.49. The van der Waals surface area contributed by atoms with Crippen LogP contribution in [-0.4, -0.2) is 67.2 Å². The Morgan fingerprint density at radius 1 is 1.29 bits per heavy atom. The van der Waals surface area contributed by atoms with Gasteiger partial charge in [0.15, 0.2) is 0 Å². The number of hydrogen-bond acceptors (Lipinski definition) is 4. The Morgan fingerprint density at radius 2 is 1.81 bits per heavy atom. The van der Waals surface area contributed by atoms with Crippen molar-refractivity contribution in [2.45, 2.75) is 44.1 Å². The Labute approximate surface area is 127 Å². The number of likely N-dealkylation sites (N-methyl/N-ethyl adjacent to an activating group) is 1. The van der Waals surface area contributed by atoms with E-state index in [0.29, 0.717) is 32.5 Å². The lowest BCUT2D eigenvalue weighted by Gasteiger charge is -2.34. The Hall–Kier alpha value is -0.660. The maximum Gasteiger partial charge on any atom is 0.225 e. The van der Waals surface area contributed by atoms with Gasteiger partial charge in [-0.25, -0.2) is 12.7 Å².